The van der Waals surface area contributed by atoms with E-state index in [1.165, 1.54) is 12.1 Å². The number of aromatic nitrogens is 3. The highest BCUT2D eigenvalue weighted by Crippen LogP contribution is 2.42. The van der Waals surface area contributed by atoms with Crippen LogP contribution in [0.2, 0.25) is 10.2 Å². The molecule has 0 fully saturated rings. The van der Waals surface area contributed by atoms with Gasteiger partial charge in [-0.3, -0.25) is 9.48 Å². The van der Waals surface area contributed by atoms with Crippen molar-refractivity contribution in [2.45, 2.75) is 53.5 Å². The van der Waals surface area contributed by atoms with E-state index in [9.17, 15) is 14.7 Å². The van der Waals surface area contributed by atoms with Gasteiger partial charge >= 0.3 is 5.97 Å². The third-order valence-electron chi connectivity index (χ3n) is 8.05. The van der Waals surface area contributed by atoms with Gasteiger partial charge in [0.05, 0.1) is 30.1 Å². The van der Waals surface area contributed by atoms with Crippen molar-refractivity contribution in [3.8, 4) is 16.9 Å². The molecule has 5 rings (SSSR count). The molecule has 0 aliphatic heterocycles. The summed E-state index contributed by atoms with van der Waals surface area (Å²) in [6, 6.07) is 12.7. The average Bonchev–Trinajstić information content (AvgIpc) is 3.47. The number of nitrogens with zero attached hydrogens (tertiary/aromatic N) is 3. The molecule has 228 valence electrons. The number of allylic oxidation sites excluding steroid dienone is 1. The van der Waals surface area contributed by atoms with Crippen molar-refractivity contribution in [2.24, 2.45) is 7.05 Å². The average molecular weight is 634 g/mol. The normalized spacial score (nSPS) is 12.4. The molecule has 0 radical (unpaired) electrons. The molecule has 2 heterocycles. The number of ether oxygens (including phenoxy) is 1. The van der Waals surface area contributed by atoms with Crippen LogP contribution in [0.1, 0.15) is 62.5 Å². The summed E-state index contributed by atoms with van der Waals surface area (Å²) in [4.78, 5) is 29.4. The van der Waals surface area contributed by atoms with Gasteiger partial charge in [-0.1, -0.05) is 41.4 Å². The molecule has 0 unspecified atom stereocenters. The molecule has 10 heteroatoms. The van der Waals surface area contributed by atoms with E-state index in [1.54, 1.807) is 0 Å². The number of aryl methyl sites for hydroxylation is 4. The summed E-state index contributed by atoms with van der Waals surface area (Å²) in [5.41, 5.74) is 10.2. The lowest BCUT2D eigenvalue weighted by Gasteiger charge is -2.13. The zero-order chi connectivity index (χ0) is 31.7. The fourth-order valence-electron chi connectivity index (χ4n) is 5.88. The molecular weight excluding hydrogens is 599 g/mol. The maximum Gasteiger partial charge on any atom is 0.335 e. The van der Waals surface area contributed by atoms with Gasteiger partial charge in [-0.25, -0.2) is 9.78 Å². The van der Waals surface area contributed by atoms with Crippen LogP contribution < -0.4 is 10.1 Å². The highest BCUT2D eigenvalue weighted by atomic mass is 35.5. The standard InChI is InChI=1S/C34H34Cl2N4O4/c1-18-12-24(13-19(2)32(18)36)44-11-7-10-26-25-8-6-9-27(31-20(3)39-40(5)21(31)4)28(25)16-29(26)33(41)37-17-23-14-22(34(42)43)15-30(35)38-23/h6,8-9,12-15H,7,10-11,16-17H2,1-5H3,(H,37,41)(H,42,43). The van der Waals surface area contributed by atoms with Gasteiger partial charge in [0.25, 0.3) is 0 Å². The van der Waals surface area contributed by atoms with Crippen LogP contribution in [0.5, 0.6) is 5.75 Å². The molecule has 0 saturated carbocycles. The second-order valence-electron chi connectivity index (χ2n) is 11.1. The molecular formula is C34H34Cl2N4O4. The Morgan fingerprint density at radius 3 is 2.41 bits per heavy atom. The van der Waals surface area contributed by atoms with Gasteiger partial charge in [-0.05, 0) is 98.2 Å². The Kier molecular flexibility index (Phi) is 9.13. The van der Waals surface area contributed by atoms with Gasteiger partial charge in [-0.15, -0.1) is 0 Å². The van der Waals surface area contributed by atoms with Crippen LogP contribution in [-0.4, -0.2) is 38.4 Å². The van der Waals surface area contributed by atoms with Crippen molar-refractivity contribution in [3.05, 3.63) is 103 Å². The predicted molar refractivity (Wildman–Crippen MR) is 172 cm³/mol. The van der Waals surface area contributed by atoms with Crippen molar-refractivity contribution in [2.75, 3.05) is 6.61 Å². The van der Waals surface area contributed by atoms with Gasteiger partial charge < -0.3 is 15.2 Å². The maximum absolute atomic E-state index is 13.7. The molecule has 0 atom stereocenters. The van der Waals surface area contributed by atoms with Crippen molar-refractivity contribution in [1.29, 1.82) is 0 Å². The summed E-state index contributed by atoms with van der Waals surface area (Å²) in [5, 5.41) is 17.8. The molecule has 44 heavy (non-hydrogen) atoms. The Morgan fingerprint density at radius 2 is 1.75 bits per heavy atom. The molecule has 8 nitrogen and oxygen atoms in total. The molecule has 1 aliphatic carbocycles. The second-order valence-corrected chi connectivity index (χ2v) is 11.9. The van der Waals surface area contributed by atoms with E-state index in [0.29, 0.717) is 37.1 Å². The summed E-state index contributed by atoms with van der Waals surface area (Å²) in [7, 11) is 1.93. The van der Waals surface area contributed by atoms with E-state index >= 15 is 0 Å². The fourth-order valence-corrected chi connectivity index (χ4v) is 6.21. The minimum absolute atomic E-state index is 0.0142. The lowest BCUT2D eigenvalue weighted by Crippen LogP contribution is -2.26. The highest BCUT2D eigenvalue weighted by Gasteiger charge is 2.29. The van der Waals surface area contributed by atoms with Crippen molar-refractivity contribution >= 4 is 40.7 Å². The third kappa shape index (κ3) is 6.37. The summed E-state index contributed by atoms with van der Waals surface area (Å²) >= 11 is 12.4. The van der Waals surface area contributed by atoms with Gasteiger partial charge in [0.1, 0.15) is 10.9 Å². The van der Waals surface area contributed by atoms with Gasteiger partial charge in [0.15, 0.2) is 0 Å². The number of nitrogens with one attached hydrogen (secondary N) is 1. The van der Waals surface area contributed by atoms with Crippen molar-refractivity contribution in [1.82, 2.24) is 20.1 Å². The number of carbonyl (C=O) groups excluding carboxylic acids is 1. The van der Waals surface area contributed by atoms with Gasteiger partial charge in [0.2, 0.25) is 5.91 Å². The molecule has 1 aliphatic rings. The monoisotopic (exact) mass is 632 g/mol. The largest absolute Gasteiger partial charge is 0.494 e. The van der Waals surface area contributed by atoms with Crippen LogP contribution in [0.15, 0.2) is 48.0 Å². The molecule has 2 aromatic carbocycles. The molecule has 2 aromatic heterocycles. The first-order chi connectivity index (χ1) is 20.9. The van der Waals surface area contributed by atoms with Crippen molar-refractivity contribution in [3.63, 3.8) is 0 Å². The number of hydrogen-bond donors (Lipinski definition) is 2. The van der Waals surface area contributed by atoms with Crippen LogP contribution in [-0.2, 0) is 24.8 Å². The molecule has 2 N–H and O–H groups in total. The Balaban J connectivity index is 1.42. The minimum atomic E-state index is -1.11. The first-order valence-electron chi connectivity index (χ1n) is 14.4. The van der Waals surface area contributed by atoms with E-state index in [1.807, 2.05) is 57.6 Å². The smallest absolute Gasteiger partial charge is 0.335 e. The number of halogens is 2. The minimum Gasteiger partial charge on any atom is -0.494 e. The summed E-state index contributed by atoms with van der Waals surface area (Å²) in [5.74, 6) is -0.578. The van der Waals surface area contributed by atoms with Crippen LogP contribution in [0.4, 0.5) is 0 Å². The Labute approximate surface area is 266 Å². The zero-order valence-electron chi connectivity index (χ0n) is 25.3. The second kappa shape index (κ2) is 12.8. The first kappa shape index (κ1) is 31.3. The van der Waals surface area contributed by atoms with Crippen LogP contribution in [0.3, 0.4) is 0 Å². The van der Waals surface area contributed by atoms with E-state index in [-0.39, 0.29) is 23.2 Å². The Bertz CT molecular complexity index is 1800. The number of aromatic carboxylic acids is 1. The number of fused-ring (bicyclic) bond motifs is 1. The fraction of sp³-hybridized carbons (Fsp3) is 0.294. The lowest BCUT2D eigenvalue weighted by molar-refractivity contribution is -0.117. The summed E-state index contributed by atoms with van der Waals surface area (Å²) < 4.78 is 7.96. The molecule has 0 saturated heterocycles. The van der Waals surface area contributed by atoms with Gasteiger partial charge in [0, 0.05) is 35.3 Å². The molecule has 1 amide bonds. The number of carbonyl (C=O) groups is 2. The first-order valence-corrected chi connectivity index (χ1v) is 15.1. The number of rotatable bonds is 10. The third-order valence-corrected chi connectivity index (χ3v) is 8.84. The number of benzene rings is 2. The lowest BCUT2D eigenvalue weighted by atomic mass is 9.93. The highest BCUT2D eigenvalue weighted by molar-refractivity contribution is 6.32. The zero-order valence-corrected chi connectivity index (χ0v) is 26.9. The number of hydrogen-bond acceptors (Lipinski definition) is 5. The number of carboxylic acid groups (broad SMARTS) is 1. The van der Waals surface area contributed by atoms with E-state index in [2.05, 4.69) is 27.5 Å². The van der Waals surface area contributed by atoms with E-state index in [4.69, 9.17) is 27.9 Å². The van der Waals surface area contributed by atoms with Crippen LogP contribution in [0, 0.1) is 27.7 Å². The molecule has 4 aromatic rings. The molecule has 0 bridgehead atoms. The summed E-state index contributed by atoms with van der Waals surface area (Å²) in [6.07, 6.45) is 1.79. The predicted octanol–water partition coefficient (Wildman–Crippen LogP) is 7.21. The number of amides is 1. The molecule has 0 spiro atoms. The van der Waals surface area contributed by atoms with E-state index in [0.717, 1.165) is 61.1 Å². The quantitative estimate of drug-likeness (QED) is 0.141. The van der Waals surface area contributed by atoms with Crippen LogP contribution in [0.25, 0.3) is 16.7 Å². The van der Waals surface area contributed by atoms with Gasteiger partial charge in [-0.2, -0.15) is 5.10 Å². The van der Waals surface area contributed by atoms with E-state index < -0.39 is 5.97 Å². The number of pyridine rings is 1. The Hall–Kier alpha value is -4.14. The maximum atomic E-state index is 13.7. The topological polar surface area (TPSA) is 106 Å². The van der Waals surface area contributed by atoms with Crippen molar-refractivity contribution < 1.29 is 19.4 Å². The van der Waals surface area contributed by atoms with Crippen LogP contribution >= 0.6 is 23.2 Å². The SMILES string of the molecule is Cc1cc(OCCCC2=C(C(=O)NCc3cc(C(=O)O)cc(Cl)n3)Cc3c2cccc3-c2c(C)nn(C)c2C)cc(C)c1Cl. The number of carboxylic acids is 1. The Morgan fingerprint density at radius 1 is 1.05 bits per heavy atom. The summed E-state index contributed by atoms with van der Waals surface area (Å²) in [6.45, 7) is 8.47.